The fourth-order valence-electron chi connectivity index (χ4n) is 3.25. The molecule has 0 aliphatic rings. The summed E-state index contributed by atoms with van der Waals surface area (Å²) in [5.41, 5.74) is 3.17. The van der Waals surface area contributed by atoms with E-state index >= 15 is 0 Å². The lowest BCUT2D eigenvalue weighted by molar-refractivity contribution is 0.214. The van der Waals surface area contributed by atoms with Crippen LogP contribution in [-0.4, -0.2) is 24.6 Å². The van der Waals surface area contributed by atoms with Crippen molar-refractivity contribution in [2.24, 2.45) is 5.16 Å². The van der Waals surface area contributed by atoms with Gasteiger partial charge in [-0.25, -0.2) is 0 Å². The van der Waals surface area contributed by atoms with E-state index in [4.69, 9.17) is 14.7 Å². The van der Waals surface area contributed by atoms with Crippen LogP contribution in [0.2, 0.25) is 0 Å². The number of benzene rings is 3. The molecule has 28 heavy (non-hydrogen) atoms. The Balaban J connectivity index is 1.72. The van der Waals surface area contributed by atoms with Crippen LogP contribution in [0, 0.1) is 6.92 Å². The van der Waals surface area contributed by atoms with Crippen molar-refractivity contribution in [2.45, 2.75) is 33.1 Å². The van der Waals surface area contributed by atoms with Crippen LogP contribution in [0.1, 0.15) is 37.5 Å². The van der Waals surface area contributed by atoms with E-state index in [1.165, 1.54) is 17.3 Å². The lowest BCUT2D eigenvalue weighted by Crippen LogP contribution is -2.16. The highest BCUT2D eigenvalue weighted by atomic mass is 16.5. The maximum absolute atomic E-state index is 9.04. The minimum atomic E-state index is 0.00527. The Kier molecular flexibility index (Phi) is 5.88. The second kappa shape index (κ2) is 8.34. The SMILES string of the molecule is Cc1ccc(OCCOc2ccc3ccccc3c2C=NO)c(C(C)(C)C)c1. The first-order valence-electron chi connectivity index (χ1n) is 9.46. The van der Waals surface area contributed by atoms with E-state index in [0.717, 1.165) is 22.1 Å². The zero-order valence-corrected chi connectivity index (χ0v) is 16.9. The van der Waals surface area contributed by atoms with Crippen LogP contribution < -0.4 is 9.47 Å². The first-order chi connectivity index (χ1) is 13.4. The lowest BCUT2D eigenvalue weighted by Gasteiger charge is -2.23. The van der Waals surface area contributed by atoms with Crippen LogP contribution in [0.5, 0.6) is 11.5 Å². The largest absolute Gasteiger partial charge is 0.490 e. The van der Waals surface area contributed by atoms with Gasteiger partial charge in [0.2, 0.25) is 0 Å². The van der Waals surface area contributed by atoms with Crippen molar-refractivity contribution >= 4 is 17.0 Å². The molecule has 4 heteroatoms. The van der Waals surface area contributed by atoms with Crippen LogP contribution in [0.25, 0.3) is 10.8 Å². The Morgan fingerprint density at radius 2 is 1.61 bits per heavy atom. The van der Waals surface area contributed by atoms with E-state index < -0.39 is 0 Å². The molecule has 0 heterocycles. The summed E-state index contributed by atoms with van der Waals surface area (Å²) >= 11 is 0. The number of ether oxygens (including phenoxy) is 2. The fraction of sp³-hybridized carbons (Fsp3) is 0.292. The summed E-state index contributed by atoms with van der Waals surface area (Å²) in [6, 6.07) is 18.1. The molecule has 0 aromatic heterocycles. The second-order valence-electron chi connectivity index (χ2n) is 7.89. The summed E-state index contributed by atoms with van der Waals surface area (Å²) in [7, 11) is 0. The van der Waals surface area contributed by atoms with Gasteiger partial charge in [0.15, 0.2) is 0 Å². The number of rotatable bonds is 6. The summed E-state index contributed by atoms with van der Waals surface area (Å²) < 4.78 is 12.0. The predicted octanol–water partition coefficient (Wildman–Crippen LogP) is 5.71. The molecule has 0 saturated carbocycles. The number of aryl methyl sites for hydroxylation is 1. The molecule has 1 N–H and O–H groups in total. The number of oxime groups is 1. The lowest BCUT2D eigenvalue weighted by atomic mass is 9.85. The van der Waals surface area contributed by atoms with Crippen molar-refractivity contribution in [1.29, 1.82) is 0 Å². The maximum atomic E-state index is 9.04. The van der Waals surface area contributed by atoms with Gasteiger partial charge in [0.1, 0.15) is 24.7 Å². The molecular weight excluding hydrogens is 350 g/mol. The van der Waals surface area contributed by atoms with Gasteiger partial charge in [-0.05, 0) is 40.8 Å². The molecule has 0 aliphatic heterocycles. The van der Waals surface area contributed by atoms with E-state index in [2.05, 4.69) is 45.0 Å². The van der Waals surface area contributed by atoms with Gasteiger partial charge < -0.3 is 14.7 Å². The Hall–Kier alpha value is -3.01. The molecule has 0 radical (unpaired) electrons. The van der Waals surface area contributed by atoms with E-state index in [1.807, 2.05) is 42.5 Å². The summed E-state index contributed by atoms with van der Waals surface area (Å²) in [6.07, 6.45) is 1.41. The average Bonchev–Trinajstić information content (AvgIpc) is 2.67. The first kappa shape index (κ1) is 19.7. The minimum absolute atomic E-state index is 0.00527. The molecule has 3 rings (SSSR count). The van der Waals surface area contributed by atoms with Crippen molar-refractivity contribution in [3.63, 3.8) is 0 Å². The third kappa shape index (κ3) is 4.45. The maximum Gasteiger partial charge on any atom is 0.129 e. The Morgan fingerprint density at radius 3 is 2.32 bits per heavy atom. The Morgan fingerprint density at radius 1 is 0.929 bits per heavy atom. The molecule has 146 valence electrons. The second-order valence-corrected chi connectivity index (χ2v) is 7.89. The molecule has 3 aromatic carbocycles. The summed E-state index contributed by atoms with van der Waals surface area (Å²) in [5.74, 6) is 1.55. The monoisotopic (exact) mass is 377 g/mol. The van der Waals surface area contributed by atoms with Crippen LogP contribution in [0.15, 0.2) is 59.8 Å². The van der Waals surface area contributed by atoms with Crippen molar-refractivity contribution in [3.05, 3.63) is 71.3 Å². The molecule has 0 aliphatic carbocycles. The molecule has 0 fully saturated rings. The zero-order valence-electron chi connectivity index (χ0n) is 16.9. The van der Waals surface area contributed by atoms with Gasteiger partial charge >= 0.3 is 0 Å². The van der Waals surface area contributed by atoms with Gasteiger partial charge in [-0.2, -0.15) is 0 Å². The molecule has 0 bridgehead atoms. The van der Waals surface area contributed by atoms with Crippen LogP contribution >= 0.6 is 0 Å². The van der Waals surface area contributed by atoms with E-state index in [9.17, 15) is 0 Å². The van der Waals surface area contributed by atoms with E-state index in [-0.39, 0.29) is 5.41 Å². The van der Waals surface area contributed by atoms with Gasteiger partial charge in [-0.15, -0.1) is 0 Å². The van der Waals surface area contributed by atoms with Crippen LogP contribution in [0.4, 0.5) is 0 Å². The van der Waals surface area contributed by atoms with Crippen LogP contribution in [0.3, 0.4) is 0 Å². The van der Waals surface area contributed by atoms with Gasteiger partial charge in [-0.1, -0.05) is 74.0 Å². The molecular formula is C24H27NO3. The zero-order chi connectivity index (χ0) is 20.1. The molecule has 3 aromatic rings. The normalized spacial score (nSPS) is 11.9. The fourth-order valence-corrected chi connectivity index (χ4v) is 3.25. The van der Waals surface area contributed by atoms with Crippen molar-refractivity contribution in [1.82, 2.24) is 0 Å². The molecule has 0 atom stereocenters. The number of fused-ring (bicyclic) bond motifs is 1. The molecule has 0 unspecified atom stereocenters. The van der Waals surface area contributed by atoms with Gasteiger partial charge in [0, 0.05) is 5.56 Å². The smallest absolute Gasteiger partial charge is 0.129 e. The number of nitrogens with zero attached hydrogens (tertiary/aromatic N) is 1. The topological polar surface area (TPSA) is 51.0 Å². The number of hydrogen-bond donors (Lipinski definition) is 1. The highest BCUT2D eigenvalue weighted by Crippen LogP contribution is 2.32. The predicted molar refractivity (Wildman–Crippen MR) is 114 cm³/mol. The third-order valence-electron chi connectivity index (χ3n) is 4.66. The van der Waals surface area contributed by atoms with E-state index in [0.29, 0.717) is 19.0 Å². The molecule has 0 amide bonds. The summed E-state index contributed by atoms with van der Waals surface area (Å²) in [5, 5.41) is 14.3. The average molecular weight is 377 g/mol. The minimum Gasteiger partial charge on any atom is -0.490 e. The van der Waals surface area contributed by atoms with Gasteiger partial charge in [0.25, 0.3) is 0 Å². The highest BCUT2D eigenvalue weighted by molar-refractivity contribution is 6.02. The van der Waals surface area contributed by atoms with Crippen molar-refractivity contribution in [3.8, 4) is 11.5 Å². The van der Waals surface area contributed by atoms with Crippen LogP contribution in [-0.2, 0) is 5.41 Å². The quantitative estimate of drug-likeness (QED) is 0.259. The Bertz CT molecular complexity index is 987. The van der Waals surface area contributed by atoms with Crippen molar-refractivity contribution in [2.75, 3.05) is 13.2 Å². The molecule has 0 spiro atoms. The Labute approximate surface area is 166 Å². The first-order valence-corrected chi connectivity index (χ1v) is 9.46. The van der Waals surface area contributed by atoms with Crippen molar-refractivity contribution < 1.29 is 14.7 Å². The number of hydrogen-bond acceptors (Lipinski definition) is 4. The molecule has 0 saturated heterocycles. The summed E-state index contributed by atoms with van der Waals surface area (Å²) in [6.45, 7) is 9.45. The molecule has 4 nitrogen and oxygen atoms in total. The standard InChI is InChI=1S/C24H27NO3/c1-17-9-11-23(21(15-17)24(2,3)4)28-14-13-27-22-12-10-18-7-5-6-8-19(18)20(22)16-25-26/h5-12,15-16,26H,13-14H2,1-4H3. The van der Waals surface area contributed by atoms with Gasteiger partial charge in [0.05, 0.1) is 6.21 Å². The highest BCUT2D eigenvalue weighted by Gasteiger charge is 2.19. The summed E-state index contributed by atoms with van der Waals surface area (Å²) in [4.78, 5) is 0. The van der Waals surface area contributed by atoms with E-state index in [1.54, 1.807) is 0 Å². The third-order valence-corrected chi connectivity index (χ3v) is 4.66. The van der Waals surface area contributed by atoms with Gasteiger partial charge in [-0.3, -0.25) is 0 Å².